The minimum absolute atomic E-state index is 0. The van der Waals surface area contributed by atoms with Crippen LogP contribution in [0.4, 0.5) is 0 Å². The Morgan fingerprint density at radius 1 is 0.500 bits per heavy atom. The van der Waals surface area contributed by atoms with Crippen molar-refractivity contribution in [3.8, 4) is 0 Å². The molecular weight excluding hydrogens is 567 g/mol. The maximum Gasteiger partial charge on any atom is 3.00 e. The second-order valence-electron chi connectivity index (χ2n) is 6.44. The van der Waals surface area contributed by atoms with E-state index in [1.54, 1.807) is 32.4 Å². The summed E-state index contributed by atoms with van der Waals surface area (Å²) in [5.74, 6) is 0. The van der Waals surface area contributed by atoms with Crippen LogP contribution in [-0.4, -0.2) is 67.0 Å². The SMILES string of the molecule is [B](n1cccn1)[n+]1ccc[nH]1.[B](n1cccn1)[n+]1ccc[nH]1.[B](n1cccn1)[n+]1ccc[nH]1.[Sm+3]. The molecule has 0 saturated carbocycles. The van der Waals surface area contributed by atoms with Crippen molar-refractivity contribution in [1.82, 2.24) is 44.4 Å². The van der Waals surface area contributed by atoms with E-state index in [1.165, 1.54) is 0 Å². The zero-order valence-corrected chi connectivity index (χ0v) is 20.7. The van der Waals surface area contributed by atoms with Gasteiger partial charge in [-0.2, -0.15) is 44.4 Å². The van der Waals surface area contributed by atoms with Gasteiger partial charge in [0, 0.05) is 55.4 Å². The van der Waals surface area contributed by atoms with Crippen molar-refractivity contribution in [2.75, 3.05) is 0 Å². The first-order valence-corrected chi connectivity index (χ1v) is 10.0. The summed E-state index contributed by atoms with van der Waals surface area (Å²) in [4.78, 5) is 0. The number of nitrogens with zero attached hydrogens (tertiary/aromatic N) is 9. The van der Waals surface area contributed by atoms with Crippen LogP contribution in [0.15, 0.2) is 111 Å². The fourth-order valence-corrected chi connectivity index (χ4v) is 2.57. The minimum Gasteiger partial charge on any atom is -0.243 e. The molecule has 6 heterocycles. The monoisotopic (exact) mass is 590 g/mol. The van der Waals surface area contributed by atoms with Crippen LogP contribution in [0.25, 0.3) is 0 Å². The van der Waals surface area contributed by atoms with Crippen LogP contribution in [0.1, 0.15) is 0 Å². The maximum atomic E-state index is 4.01. The number of nitrogens with one attached hydrogen (secondary N) is 3. The van der Waals surface area contributed by atoms with Crippen molar-refractivity contribution in [3.63, 3.8) is 0 Å². The molecule has 3 N–H and O–H groups in total. The number of hydrogen-bond acceptors (Lipinski definition) is 3. The smallest absolute Gasteiger partial charge is 0.243 e. The van der Waals surface area contributed by atoms with Gasteiger partial charge in [-0.3, -0.25) is 0 Å². The first-order chi connectivity index (χ1) is 16.3. The summed E-state index contributed by atoms with van der Waals surface area (Å²) in [6.07, 6.45) is 22.1. The van der Waals surface area contributed by atoms with Gasteiger partial charge in [-0.05, 0) is 18.2 Å². The molecule has 0 saturated heterocycles. The minimum atomic E-state index is 0. The Bertz CT molecular complexity index is 965. The Kier molecular flexibility index (Phi) is 10.6. The van der Waals surface area contributed by atoms with Crippen LogP contribution in [-0.2, 0) is 0 Å². The molecule has 0 aromatic carbocycles. The molecule has 34 heavy (non-hydrogen) atoms. The van der Waals surface area contributed by atoms with Crippen LogP contribution < -0.4 is 13.8 Å². The second-order valence-corrected chi connectivity index (χ2v) is 6.44. The third-order valence-corrected chi connectivity index (χ3v) is 4.00. The largest absolute Gasteiger partial charge is 3.00 e. The zero-order valence-electron chi connectivity index (χ0n) is 18.1. The van der Waals surface area contributed by atoms with Gasteiger partial charge in [0.2, 0.25) is 0 Å². The van der Waals surface area contributed by atoms with Gasteiger partial charge in [-0.15, -0.1) is 0 Å². The summed E-state index contributed by atoms with van der Waals surface area (Å²) in [6.45, 7) is 0. The van der Waals surface area contributed by atoms with E-state index >= 15 is 0 Å². The summed E-state index contributed by atoms with van der Waals surface area (Å²) in [5, 5.41) is 21.0. The van der Waals surface area contributed by atoms with Crippen LogP contribution in [0, 0.1) is 40.4 Å². The summed E-state index contributed by atoms with van der Waals surface area (Å²) >= 11 is 0. The predicted octanol–water partition coefficient (Wildman–Crippen LogP) is -1.71. The Hall–Kier alpha value is -3.21. The van der Waals surface area contributed by atoms with Crippen LogP contribution in [0.5, 0.6) is 0 Å². The van der Waals surface area contributed by atoms with Crippen molar-refractivity contribution in [2.24, 2.45) is 0 Å². The van der Waals surface area contributed by atoms with E-state index in [0.717, 1.165) is 0 Å². The van der Waals surface area contributed by atoms with Crippen molar-refractivity contribution >= 4 is 22.6 Å². The van der Waals surface area contributed by atoms with Crippen molar-refractivity contribution < 1.29 is 54.2 Å². The number of H-pyrrole nitrogens is 3. The van der Waals surface area contributed by atoms with E-state index < -0.39 is 0 Å². The second kappa shape index (κ2) is 14.1. The molecule has 6 rings (SSSR count). The topological polar surface area (TPSA) is 112 Å². The molecule has 0 aliphatic heterocycles. The van der Waals surface area contributed by atoms with Gasteiger partial charge >= 0.3 is 63.0 Å². The molecule has 4 radical (unpaired) electrons. The van der Waals surface area contributed by atoms with E-state index in [9.17, 15) is 0 Å². The third-order valence-electron chi connectivity index (χ3n) is 4.00. The number of hydrogen-bond donors (Lipinski definition) is 3. The molecule has 16 heteroatoms. The van der Waals surface area contributed by atoms with Gasteiger partial charge in [-0.25, -0.2) is 13.8 Å². The average Bonchev–Trinajstić information content (AvgIpc) is 3.67. The first kappa shape index (κ1) is 25.4. The molecule has 0 unspecified atom stereocenters. The van der Waals surface area contributed by atoms with Gasteiger partial charge in [-0.1, -0.05) is 0 Å². The van der Waals surface area contributed by atoms with E-state index in [1.807, 2.05) is 129 Å². The van der Waals surface area contributed by atoms with Crippen molar-refractivity contribution in [2.45, 2.75) is 0 Å². The number of aromatic amines is 3. The van der Waals surface area contributed by atoms with Gasteiger partial charge in [0.1, 0.15) is 0 Å². The summed E-state index contributed by atoms with van der Waals surface area (Å²) in [5.41, 5.74) is 0. The molecule has 0 spiro atoms. The maximum absolute atomic E-state index is 4.01. The molecule has 6 aromatic rings. The van der Waals surface area contributed by atoms with Crippen LogP contribution in [0.3, 0.4) is 0 Å². The van der Waals surface area contributed by atoms with Crippen molar-refractivity contribution in [1.29, 1.82) is 0 Å². The molecule has 12 nitrogen and oxygen atoms in total. The fraction of sp³-hybridized carbons (Fsp3) is 0. The average molecular weight is 588 g/mol. The first-order valence-electron chi connectivity index (χ1n) is 10.0. The van der Waals surface area contributed by atoms with E-state index in [-0.39, 0.29) is 40.4 Å². The Labute approximate surface area is 230 Å². The molecular formula is C18H21B3N12Sm+6. The summed E-state index contributed by atoms with van der Waals surface area (Å²) in [6, 6.07) is 11.4. The van der Waals surface area contributed by atoms with Gasteiger partial charge in [0.25, 0.3) is 0 Å². The van der Waals surface area contributed by atoms with E-state index in [0.29, 0.717) is 0 Å². The molecule has 0 bridgehead atoms. The molecule has 6 aromatic heterocycles. The molecule has 0 fully saturated rings. The molecule has 0 amide bonds. The molecule has 0 aliphatic rings. The van der Waals surface area contributed by atoms with E-state index in [4.69, 9.17) is 0 Å². The normalized spacial score (nSPS) is 9.53. The van der Waals surface area contributed by atoms with Crippen molar-refractivity contribution in [3.05, 3.63) is 111 Å². The quantitative estimate of drug-likeness (QED) is 0.202. The Morgan fingerprint density at radius 2 is 0.824 bits per heavy atom. The van der Waals surface area contributed by atoms with Gasteiger partial charge < -0.3 is 0 Å². The van der Waals surface area contributed by atoms with Gasteiger partial charge in [0.15, 0.2) is 18.6 Å². The standard InChI is InChI=1S/3C6H7BN4.Sm/c3*1-3-8-10(5-1)7-11-6-2-4-9-11;/h3*1-6,8H;/q3*+1;+3. The molecule has 0 atom stereocenters. The van der Waals surface area contributed by atoms with Gasteiger partial charge in [0.05, 0.1) is 18.6 Å². The predicted molar refractivity (Wildman–Crippen MR) is 119 cm³/mol. The summed E-state index contributed by atoms with van der Waals surface area (Å²) < 4.78 is 10.6. The zero-order chi connectivity index (χ0) is 22.6. The van der Waals surface area contributed by atoms with Crippen LogP contribution in [0.2, 0.25) is 0 Å². The van der Waals surface area contributed by atoms with E-state index in [2.05, 4.69) is 30.6 Å². The summed E-state index contributed by atoms with van der Waals surface area (Å²) in [7, 11) is 5.50. The number of rotatable bonds is 6. The molecule has 162 valence electrons. The Morgan fingerprint density at radius 3 is 1.03 bits per heavy atom. The van der Waals surface area contributed by atoms with Crippen LogP contribution >= 0.6 is 0 Å². The Balaban J connectivity index is 0.000000141. The molecule has 0 aliphatic carbocycles. The fourth-order valence-electron chi connectivity index (χ4n) is 2.57. The number of aromatic nitrogens is 12. The third kappa shape index (κ3) is 8.62.